The molecule has 2 N–H and O–H groups in total. The molecule has 1 saturated heterocycles. The maximum atomic E-state index is 12.0. The van der Waals surface area contributed by atoms with Crippen molar-refractivity contribution in [3.63, 3.8) is 0 Å². The number of rotatable bonds is 6. The van der Waals surface area contributed by atoms with E-state index >= 15 is 0 Å². The second-order valence-electron chi connectivity index (χ2n) is 6.11. The summed E-state index contributed by atoms with van der Waals surface area (Å²) in [4.78, 5) is 16.2. The molecular formula is C18H24Cl3N3O2. The Balaban J connectivity index is 0.00000169. The van der Waals surface area contributed by atoms with Gasteiger partial charge in [0, 0.05) is 24.9 Å². The van der Waals surface area contributed by atoms with Gasteiger partial charge in [-0.05, 0) is 44.0 Å². The van der Waals surface area contributed by atoms with Gasteiger partial charge in [-0.1, -0.05) is 23.7 Å². The van der Waals surface area contributed by atoms with Crippen LogP contribution in [0, 0.1) is 5.92 Å². The van der Waals surface area contributed by atoms with E-state index in [-0.39, 0.29) is 30.7 Å². The summed E-state index contributed by atoms with van der Waals surface area (Å²) < 4.78 is 5.71. The number of benzene rings is 1. The second kappa shape index (κ2) is 11.4. The SMILES string of the molecule is Cl.Cl.O=C(CCc1ncc(-c2ccccc2Cl)o1)NCC1CCCNC1. The molecule has 1 aromatic heterocycles. The lowest BCUT2D eigenvalue weighted by Gasteiger charge is -2.22. The van der Waals surface area contributed by atoms with Crippen molar-refractivity contribution in [1.29, 1.82) is 0 Å². The van der Waals surface area contributed by atoms with E-state index in [1.165, 1.54) is 12.8 Å². The highest BCUT2D eigenvalue weighted by Crippen LogP contribution is 2.28. The molecule has 26 heavy (non-hydrogen) atoms. The van der Waals surface area contributed by atoms with Gasteiger partial charge in [0.05, 0.1) is 11.2 Å². The second-order valence-corrected chi connectivity index (χ2v) is 6.52. The van der Waals surface area contributed by atoms with Crippen LogP contribution in [-0.2, 0) is 11.2 Å². The van der Waals surface area contributed by atoms with Gasteiger partial charge < -0.3 is 15.1 Å². The number of halogens is 3. The van der Waals surface area contributed by atoms with Gasteiger partial charge in [-0.15, -0.1) is 24.8 Å². The molecule has 0 saturated carbocycles. The summed E-state index contributed by atoms with van der Waals surface area (Å²) in [7, 11) is 0. The summed E-state index contributed by atoms with van der Waals surface area (Å²) in [6, 6.07) is 7.47. The maximum Gasteiger partial charge on any atom is 0.220 e. The van der Waals surface area contributed by atoms with Gasteiger partial charge in [0.2, 0.25) is 5.91 Å². The minimum atomic E-state index is 0. The Morgan fingerprint density at radius 3 is 2.88 bits per heavy atom. The molecule has 5 nitrogen and oxygen atoms in total. The fourth-order valence-electron chi connectivity index (χ4n) is 2.88. The summed E-state index contributed by atoms with van der Waals surface area (Å²) >= 11 is 6.15. The minimum absolute atomic E-state index is 0. The van der Waals surface area contributed by atoms with Crippen molar-refractivity contribution >= 4 is 42.3 Å². The zero-order valence-electron chi connectivity index (χ0n) is 14.4. The molecule has 0 spiro atoms. The molecule has 2 aromatic rings. The van der Waals surface area contributed by atoms with Crippen molar-refractivity contribution in [3.05, 3.63) is 41.4 Å². The Bertz CT molecular complexity index is 688. The standard InChI is InChI=1S/C18H22ClN3O2.2ClH/c19-15-6-2-1-5-14(15)16-12-22-18(24-16)8-7-17(23)21-11-13-4-3-9-20-10-13;;/h1-2,5-6,12-13,20H,3-4,7-11H2,(H,21,23);2*1H. The van der Waals surface area contributed by atoms with Crippen LogP contribution >= 0.6 is 36.4 Å². The third-order valence-corrected chi connectivity index (χ3v) is 4.58. The van der Waals surface area contributed by atoms with Crippen molar-refractivity contribution in [3.8, 4) is 11.3 Å². The Labute approximate surface area is 171 Å². The molecular weight excluding hydrogens is 397 g/mol. The first kappa shape index (κ1) is 22.8. The van der Waals surface area contributed by atoms with Gasteiger partial charge in [-0.25, -0.2) is 4.98 Å². The molecule has 3 rings (SSSR count). The monoisotopic (exact) mass is 419 g/mol. The molecule has 1 amide bonds. The van der Waals surface area contributed by atoms with Gasteiger partial charge in [-0.3, -0.25) is 4.79 Å². The number of aromatic nitrogens is 1. The molecule has 1 fully saturated rings. The van der Waals surface area contributed by atoms with E-state index in [4.69, 9.17) is 16.0 Å². The van der Waals surface area contributed by atoms with Crippen molar-refractivity contribution in [1.82, 2.24) is 15.6 Å². The summed E-state index contributed by atoms with van der Waals surface area (Å²) in [6.45, 7) is 2.81. The molecule has 1 atom stereocenters. The quantitative estimate of drug-likeness (QED) is 0.744. The summed E-state index contributed by atoms with van der Waals surface area (Å²) in [6.07, 6.45) is 4.87. The smallest absolute Gasteiger partial charge is 0.220 e. The molecule has 8 heteroatoms. The van der Waals surface area contributed by atoms with Crippen molar-refractivity contribution in [2.75, 3.05) is 19.6 Å². The minimum Gasteiger partial charge on any atom is -0.441 e. The van der Waals surface area contributed by atoms with Gasteiger partial charge in [0.1, 0.15) is 0 Å². The Kier molecular flexibility index (Phi) is 10.0. The molecule has 0 bridgehead atoms. The topological polar surface area (TPSA) is 67.2 Å². The third kappa shape index (κ3) is 6.47. The molecule has 1 aromatic carbocycles. The van der Waals surface area contributed by atoms with Gasteiger partial charge in [-0.2, -0.15) is 0 Å². The highest BCUT2D eigenvalue weighted by molar-refractivity contribution is 6.33. The molecule has 1 aliphatic rings. The molecule has 1 unspecified atom stereocenters. The van der Waals surface area contributed by atoms with Crippen LogP contribution in [0.25, 0.3) is 11.3 Å². The predicted octanol–water partition coefficient (Wildman–Crippen LogP) is 3.89. The Hall–Kier alpha value is -1.27. The Morgan fingerprint density at radius 2 is 2.15 bits per heavy atom. The normalized spacial score (nSPS) is 16.3. The van der Waals surface area contributed by atoms with Crippen LogP contribution in [0.2, 0.25) is 5.02 Å². The molecule has 1 aliphatic heterocycles. The summed E-state index contributed by atoms with van der Waals surface area (Å²) in [5.41, 5.74) is 0.812. The number of amides is 1. The highest BCUT2D eigenvalue weighted by Gasteiger charge is 2.15. The van der Waals surface area contributed by atoms with Crippen LogP contribution in [-0.4, -0.2) is 30.5 Å². The average Bonchev–Trinajstić information content (AvgIpc) is 3.08. The number of carbonyl (C=O) groups excluding carboxylic acids is 1. The van der Waals surface area contributed by atoms with E-state index in [0.29, 0.717) is 35.4 Å². The zero-order chi connectivity index (χ0) is 16.8. The van der Waals surface area contributed by atoms with E-state index in [1.54, 1.807) is 6.20 Å². The largest absolute Gasteiger partial charge is 0.441 e. The van der Waals surface area contributed by atoms with E-state index < -0.39 is 0 Å². The van der Waals surface area contributed by atoms with E-state index in [9.17, 15) is 4.79 Å². The van der Waals surface area contributed by atoms with Crippen LogP contribution in [0.3, 0.4) is 0 Å². The number of hydrogen-bond donors (Lipinski definition) is 2. The number of oxazole rings is 1. The Morgan fingerprint density at radius 1 is 1.35 bits per heavy atom. The van der Waals surface area contributed by atoms with Crippen LogP contribution in [0.1, 0.15) is 25.2 Å². The van der Waals surface area contributed by atoms with Crippen LogP contribution in [0.4, 0.5) is 0 Å². The predicted molar refractivity (Wildman–Crippen MR) is 108 cm³/mol. The fourth-order valence-corrected chi connectivity index (χ4v) is 3.11. The summed E-state index contributed by atoms with van der Waals surface area (Å²) in [5, 5.41) is 6.98. The van der Waals surface area contributed by atoms with E-state index in [1.807, 2.05) is 24.3 Å². The van der Waals surface area contributed by atoms with Crippen LogP contribution in [0.15, 0.2) is 34.9 Å². The lowest BCUT2D eigenvalue weighted by molar-refractivity contribution is -0.121. The van der Waals surface area contributed by atoms with Crippen molar-refractivity contribution < 1.29 is 9.21 Å². The number of piperidine rings is 1. The first-order valence-electron chi connectivity index (χ1n) is 8.39. The molecule has 144 valence electrons. The van der Waals surface area contributed by atoms with Gasteiger partial charge >= 0.3 is 0 Å². The number of aryl methyl sites for hydroxylation is 1. The lowest BCUT2D eigenvalue weighted by atomic mass is 10.00. The maximum absolute atomic E-state index is 12.0. The number of carbonyl (C=O) groups is 1. The zero-order valence-corrected chi connectivity index (χ0v) is 16.8. The highest BCUT2D eigenvalue weighted by atomic mass is 35.5. The summed E-state index contributed by atoms with van der Waals surface area (Å²) in [5.74, 6) is 1.76. The molecule has 0 radical (unpaired) electrons. The molecule has 0 aliphatic carbocycles. The van der Waals surface area contributed by atoms with Gasteiger partial charge in [0.25, 0.3) is 0 Å². The third-order valence-electron chi connectivity index (χ3n) is 4.25. The van der Waals surface area contributed by atoms with E-state index in [2.05, 4.69) is 15.6 Å². The van der Waals surface area contributed by atoms with Crippen LogP contribution < -0.4 is 10.6 Å². The molecule has 2 heterocycles. The number of hydrogen-bond acceptors (Lipinski definition) is 4. The number of nitrogens with one attached hydrogen (secondary N) is 2. The van der Waals surface area contributed by atoms with Crippen LogP contribution in [0.5, 0.6) is 0 Å². The number of nitrogens with zero attached hydrogens (tertiary/aromatic N) is 1. The average molecular weight is 421 g/mol. The first-order valence-corrected chi connectivity index (χ1v) is 8.77. The fraction of sp³-hybridized carbons (Fsp3) is 0.444. The van der Waals surface area contributed by atoms with Crippen molar-refractivity contribution in [2.24, 2.45) is 5.92 Å². The lowest BCUT2D eigenvalue weighted by Crippen LogP contribution is -2.38. The van der Waals surface area contributed by atoms with Crippen molar-refractivity contribution in [2.45, 2.75) is 25.7 Å². The van der Waals surface area contributed by atoms with Gasteiger partial charge in [0.15, 0.2) is 11.7 Å². The van der Waals surface area contributed by atoms with E-state index in [0.717, 1.165) is 25.2 Å². The first-order chi connectivity index (χ1) is 11.7.